The monoisotopic (exact) mass is 367 g/mol. The summed E-state index contributed by atoms with van der Waals surface area (Å²) in [5.74, 6) is 0.624. The molecule has 0 saturated carbocycles. The van der Waals surface area contributed by atoms with E-state index in [1.165, 1.54) is 0 Å². The van der Waals surface area contributed by atoms with Gasteiger partial charge < -0.3 is 19.9 Å². The molecule has 2 amide bonds. The number of hydrogen-bond donors (Lipinski definition) is 1. The van der Waals surface area contributed by atoms with Crippen LogP contribution in [0.2, 0.25) is 0 Å². The van der Waals surface area contributed by atoms with Crippen LogP contribution in [-0.4, -0.2) is 66.2 Å². The van der Waals surface area contributed by atoms with E-state index in [1.54, 1.807) is 4.90 Å². The van der Waals surface area contributed by atoms with Gasteiger partial charge in [-0.1, -0.05) is 20.8 Å². The van der Waals surface area contributed by atoms with Gasteiger partial charge in [0.15, 0.2) is 0 Å². The number of amides is 2. The average Bonchev–Trinajstić information content (AvgIpc) is 2.53. The zero-order chi connectivity index (χ0) is 19.5. The largest absolute Gasteiger partial charge is 0.444 e. The first-order valence-electron chi connectivity index (χ1n) is 9.95. The predicted octanol–water partition coefficient (Wildman–Crippen LogP) is 2.87. The quantitative estimate of drug-likeness (QED) is 0.815. The molecule has 0 radical (unpaired) electrons. The van der Waals surface area contributed by atoms with Crippen molar-refractivity contribution in [2.75, 3.05) is 32.7 Å². The Morgan fingerprint density at radius 3 is 2.19 bits per heavy atom. The summed E-state index contributed by atoms with van der Waals surface area (Å²) in [5.41, 5.74) is -0.392. The Morgan fingerprint density at radius 1 is 1.04 bits per heavy atom. The fourth-order valence-electron chi connectivity index (χ4n) is 3.79. The van der Waals surface area contributed by atoms with Gasteiger partial charge in [0.1, 0.15) is 5.60 Å². The number of hydrogen-bond acceptors (Lipinski definition) is 4. The van der Waals surface area contributed by atoms with Crippen LogP contribution in [0.5, 0.6) is 0 Å². The van der Waals surface area contributed by atoms with Crippen LogP contribution in [0, 0.1) is 11.3 Å². The molecule has 0 aromatic heterocycles. The molecule has 2 aliphatic heterocycles. The van der Waals surface area contributed by atoms with Crippen molar-refractivity contribution in [1.29, 1.82) is 0 Å². The lowest BCUT2D eigenvalue weighted by molar-refractivity contribution is -0.138. The lowest BCUT2D eigenvalue weighted by Crippen LogP contribution is -2.58. The summed E-state index contributed by atoms with van der Waals surface area (Å²) in [6.45, 7) is 16.1. The van der Waals surface area contributed by atoms with E-state index in [0.717, 1.165) is 32.5 Å². The van der Waals surface area contributed by atoms with E-state index in [4.69, 9.17) is 4.74 Å². The summed E-state index contributed by atoms with van der Waals surface area (Å²) in [7, 11) is 0. The topological polar surface area (TPSA) is 61.9 Å². The highest BCUT2D eigenvalue weighted by atomic mass is 16.6. The maximum Gasteiger partial charge on any atom is 0.410 e. The lowest BCUT2D eigenvalue weighted by atomic mass is 9.84. The van der Waals surface area contributed by atoms with Crippen LogP contribution >= 0.6 is 0 Å². The lowest BCUT2D eigenvalue weighted by Gasteiger charge is -2.44. The Kier molecular flexibility index (Phi) is 6.59. The number of likely N-dealkylation sites (tertiary alicyclic amines) is 1. The van der Waals surface area contributed by atoms with Gasteiger partial charge in [-0.15, -0.1) is 0 Å². The van der Waals surface area contributed by atoms with Gasteiger partial charge in [-0.3, -0.25) is 4.79 Å². The second-order valence-electron chi connectivity index (χ2n) is 9.79. The van der Waals surface area contributed by atoms with E-state index in [1.807, 2.05) is 20.8 Å². The molecule has 2 rings (SSSR count). The molecule has 6 heteroatoms. The number of nitrogens with one attached hydrogen (secondary N) is 1. The van der Waals surface area contributed by atoms with Crippen molar-refractivity contribution in [3.05, 3.63) is 0 Å². The van der Waals surface area contributed by atoms with E-state index in [2.05, 4.69) is 31.0 Å². The summed E-state index contributed by atoms with van der Waals surface area (Å²) >= 11 is 0. The minimum Gasteiger partial charge on any atom is -0.444 e. The predicted molar refractivity (Wildman–Crippen MR) is 103 cm³/mol. The Balaban J connectivity index is 1.85. The van der Waals surface area contributed by atoms with Crippen molar-refractivity contribution in [2.24, 2.45) is 11.3 Å². The molecule has 0 aromatic rings. The van der Waals surface area contributed by atoms with E-state index >= 15 is 0 Å². The molecule has 1 N–H and O–H groups in total. The van der Waals surface area contributed by atoms with Crippen LogP contribution in [-0.2, 0) is 9.53 Å². The van der Waals surface area contributed by atoms with Crippen LogP contribution in [0.3, 0.4) is 0 Å². The Labute approximate surface area is 158 Å². The highest BCUT2D eigenvalue weighted by Crippen LogP contribution is 2.28. The molecule has 2 saturated heterocycles. The Hall–Kier alpha value is -1.30. The normalized spacial score (nSPS) is 23.1. The first kappa shape index (κ1) is 21.0. The zero-order valence-electron chi connectivity index (χ0n) is 17.4. The van der Waals surface area contributed by atoms with Gasteiger partial charge in [0.25, 0.3) is 0 Å². The minimum absolute atomic E-state index is 0.0726. The van der Waals surface area contributed by atoms with Gasteiger partial charge in [-0.25, -0.2) is 4.79 Å². The number of nitrogens with zero attached hydrogens (tertiary/aromatic N) is 2. The molecule has 0 aromatic carbocycles. The van der Waals surface area contributed by atoms with Gasteiger partial charge in [-0.2, -0.15) is 0 Å². The highest BCUT2D eigenvalue weighted by Gasteiger charge is 2.36. The van der Waals surface area contributed by atoms with Crippen molar-refractivity contribution in [3.8, 4) is 0 Å². The molecule has 1 atom stereocenters. The SMILES string of the molecule is CC(C)(C)OC(=O)N1CCC(CC(=O)N2CCNCC2C(C)(C)C)CC1. The first-order valence-corrected chi connectivity index (χ1v) is 9.95. The van der Waals surface area contributed by atoms with Crippen molar-refractivity contribution >= 4 is 12.0 Å². The molecule has 2 fully saturated rings. The molecule has 0 bridgehead atoms. The van der Waals surface area contributed by atoms with Crippen molar-refractivity contribution in [3.63, 3.8) is 0 Å². The van der Waals surface area contributed by atoms with E-state index in [9.17, 15) is 9.59 Å². The molecule has 26 heavy (non-hydrogen) atoms. The Bertz CT molecular complexity index is 499. The van der Waals surface area contributed by atoms with Gasteiger partial charge in [0, 0.05) is 45.2 Å². The molecule has 0 aliphatic carbocycles. The first-order chi connectivity index (χ1) is 12.0. The fraction of sp³-hybridized carbons (Fsp3) is 0.900. The third-order valence-electron chi connectivity index (χ3n) is 5.29. The number of carbonyl (C=O) groups excluding carboxylic acids is 2. The third-order valence-corrected chi connectivity index (χ3v) is 5.29. The summed E-state index contributed by atoms with van der Waals surface area (Å²) in [6, 6.07) is 0.241. The number of rotatable bonds is 2. The molecule has 2 aliphatic rings. The summed E-state index contributed by atoms with van der Waals surface area (Å²) in [4.78, 5) is 28.9. The number of ether oxygens (including phenoxy) is 1. The molecule has 150 valence electrons. The number of piperidine rings is 1. The average molecular weight is 368 g/mol. The minimum atomic E-state index is -0.464. The van der Waals surface area contributed by atoms with Crippen LogP contribution in [0.15, 0.2) is 0 Å². The molecular weight excluding hydrogens is 330 g/mol. The van der Waals surface area contributed by atoms with E-state index in [-0.39, 0.29) is 23.5 Å². The van der Waals surface area contributed by atoms with Crippen LogP contribution in [0.1, 0.15) is 60.8 Å². The maximum atomic E-state index is 12.9. The van der Waals surface area contributed by atoms with Crippen molar-refractivity contribution in [2.45, 2.75) is 72.4 Å². The number of carbonyl (C=O) groups is 2. The highest BCUT2D eigenvalue weighted by molar-refractivity contribution is 5.77. The second kappa shape index (κ2) is 8.15. The molecule has 1 unspecified atom stereocenters. The molecule has 0 spiro atoms. The summed E-state index contributed by atoms with van der Waals surface area (Å²) < 4.78 is 5.45. The van der Waals surface area contributed by atoms with Gasteiger partial charge in [-0.05, 0) is 44.9 Å². The smallest absolute Gasteiger partial charge is 0.410 e. The van der Waals surface area contributed by atoms with Crippen LogP contribution in [0.25, 0.3) is 0 Å². The standard InChI is InChI=1S/C20H37N3O3/c1-19(2,3)16-14-21-9-12-23(16)17(24)13-15-7-10-22(11-8-15)18(25)26-20(4,5)6/h15-16,21H,7-14H2,1-6H3. The summed E-state index contributed by atoms with van der Waals surface area (Å²) in [6.07, 6.45) is 2.10. The summed E-state index contributed by atoms with van der Waals surface area (Å²) in [5, 5.41) is 3.41. The second-order valence-corrected chi connectivity index (χ2v) is 9.79. The number of piperazine rings is 1. The fourth-order valence-corrected chi connectivity index (χ4v) is 3.79. The van der Waals surface area contributed by atoms with Gasteiger partial charge in [0.2, 0.25) is 5.91 Å². The van der Waals surface area contributed by atoms with Gasteiger partial charge >= 0.3 is 6.09 Å². The van der Waals surface area contributed by atoms with E-state index < -0.39 is 5.60 Å². The van der Waals surface area contributed by atoms with Crippen molar-refractivity contribution in [1.82, 2.24) is 15.1 Å². The van der Waals surface area contributed by atoms with Crippen molar-refractivity contribution < 1.29 is 14.3 Å². The van der Waals surface area contributed by atoms with Crippen LogP contribution < -0.4 is 5.32 Å². The van der Waals surface area contributed by atoms with Crippen LogP contribution in [0.4, 0.5) is 4.79 Å². The van der Waals surface area contributed by atoms with E-state index in [0.29, 0.717) is 25.4 Å². The maximum absolute atomic E-state index is 12.9. The van der Waals surface area contributed by atoms with Gasteiger partial charge in [0.05, 0.1) is 0 Å². The third kappa shape index (κ3) is 5.86. The Morgan fingerprint density at radius 2 is 1.65 bits per heavy atom. The molecule has 2 heterocycles. The zero-order valence-corrected chi connectivity index (χ0v) is 17.4. The molecular formula is C20H37N3O3. The molecule has 6 nitrogen and oxygen atoms in total.